The van der Waals surface area contributed by atoms with Crippen molar-refractivity contribution in [3.8, 4) is 0 Å². The van der Waals surface area contributed by atoms with Crippen LogP contribution in [-0.4, -0.2) is 62.3 Å². The summed E-state index contributed by atoms with van der Waals surface area (Å²) in [5, 5.41) is 7.43. The van der Waals surface area contributed by atoms with Crippen LogP contribution < -0.4 is 15.4 Å². The van der Waals surface area contributed by atoms with Gasteiger partial charge in [0.2, 0.25) is 27.7 Å². The molecule has 3 rings (SSSR count). The van der Waals surface area contributed by atoms with Gasteiger partial charge in [-0.1, -0.05) is 37.6 Å². The Morgan fingerprint density at radius 3 is 2.50 bits per heavy atom. The van der Waals surface area contributed by atoms with E-state index < -0.39 is 39.8 Å². The number of carbonyl (C=O) groups excluding carboxylic acids is 3. The Labute approximate surface area is 204 Å². The molecule has 0 bridgehead atoms. The SMILES string of the molecule is CC(C)NCCC(=O)NC(=O)[C@H](C)N1CC[C@H](NS(=O)(=O)c2ccc3cc(Cl)ccc3c2)C1=O. The highest BCUT2D eigenvalue weighted by molar-refractivity contribution is 7.89. The Hall–Kier alpha value is -2.53. The van der Waals surface area contributed by atoms with Gasteiger partial charge in [0.1, 0.15) is 12.1 Å². The molecule has 1 aliphatic rings. The van der Waals surface area contributed by atoms with E-state index in [1.807, 2.05) is 13.8 Å². The smallest absolute Gasteiger partial charge is 0.249 e. The summed E-state index contributed by atoms with van der Waals surface area (Å²) in [6.07, 6.45) is 0.343. The van der Waals surface area contributed by atoms with Crippen molar-refractivity contribution >= 4 is 50.1 Å². The number of likely N-dealkylation sites (tertiary alicyclic amines) is 1. The van der Waals surface area contributed by atoms with Crippen LogP contribution >= 0.6 is 11.6 Å². The summed E-state index contributed by atoms with van der Waals surface area (Å²) in [6.45, 7) is 6.03. The van der Waals surface area contributed by atoms with Gasteiger partial charge >= 0.3 is 0 Å². The minimum absolute atomic E-state index is 0.0277. The van der Waals surface area contributed by atoms with Crippen LogP contribution in [0.1, 0.15) is 33.6 Å². The molecule has 3 N–H and O–H groups in total. The molecule has 1 heterocycles. The minimum Gasteiger partial charge on any atom is -0.329 e. The van der Waals surface area contributed by atoms with E-state index >= 15 is 0 Å². The second-order valence-electron chi connectivity index (χ2n) is 8.59. The molecular formula is C23H29ClN4O5S. The highest BCUT2D eigenvalue weighted by Crippen LogP contribution is 2.24. The molecule has 1 saturated heterocycles. The van der Waals surface area contributed by atoms with Crippen molar-refractivity contribution in [1.82, 2.24) is 20.3 Å². The first-order chi connectivity index (χ1) is 16.0. The Bertz CT molecular complexity index is 1200. The zero-order valence-corrected chi connectivity index (χ0v) is 20.9. The van der Waals surface area contributed by atoms with Crippen LogP contribution in [0.4, 0.5) is 0 Å². The van der Waals surface area contributed by atoms with Gasteiger partial charge in [-0.2, -0.15) is 4.72 Å². The summed E-state index contributed by atoms with van der Waals surface area (Å²) < 4.78 is 28.3. The van der Waals surface area contributed by atoms with Crippen LogP contribution in [-0.2, 0) is 24.4 Å². The molecule has 0 aliphatic carbocycles. The number of imide groups is 1. The van der Waals surface area contributed by atoms with Crippen molar-refractivity contribution < 1.29 is 22.8 Å². The number of benzene rings is 2. The summed E-state index contributed by atoms with van der Waals surface area (Å²) >= 11 is 5.98. The van der Waals surface area contributed by atoms with E-state index in [-0.39, 0.29) is 30.3 Å². The quantitative estimate of drug-likeness (QED) is 0.474. The largest absolute Gasteiger partial charge is 0.329 e. The molecule has 1 aliphatic heterocycles. The highest BCUT2D eigenvalue weighted by atomic mass is 35.5. The van der Waals surface area contributed by atoms with E-state index in [9.17, 15) is 22.8 Å². The molecule has 34 heavy (non-hydrogen) atoms. The first-order valence-electron chi connectivity index (χ1n) is 11.1. The van der Waals surface area contributed by atoms with Crippen molar-refractivity contribution in [2.45, 2.75) is 56.6 Å². The van der Waals surface area contributed by atoms with E-state index in [4.69, 9.17) is 11.6 Å². The van der Waals surface area contributed by atoms with Gasteiger partial charge in [0.05, 0.1) is 4.90 Å². The zero-order valence-electron chi connectivity index (χ0n) is 19.3. The molecule has 0 aromatic heterocycles. The second-order valence-corrected chi connectivity index (χ2v) is 10.7. The van der Waals surface area contributed by atoms with E-state index in [2.05, 4.69) is 15.4 Å². The molecule has 11 heteroatoms. The van der Waals surface area contributed by atoms with Gasteiger partial charge in [0, 0.05) is 30.6 Å². The number of hydrogen-bond acceptors (Lipinski definition) is 6. The standard InChI is InChI=1S/C23H29ClN4O5S/c1-14(2)25-10-8-21(29)26-22(30)15(3)28-11-9-20(23(28)31)27-34(32,33)19-7-5-16-12-18(24)6-4-17(16)13-19/h4-7,12-15,20,25,27H,8-11H2,1-3H3,(H,26,29,30)/t15-,20-/m0/s1. The normalized spacial score (nSPS) is 17.4. The van der Waals surface area contributed by atoms with Gasteiger partial charge in [-0.25, -0.2) is 8.42 Å². The first-order valence-corrected chi connectivity index (χ1v) is 12.9. The van der Waals surface area contributed by atoms with Crippen molar-refractivity contribution in [2.75, 3.05) is 13.1 Å². The molecule has 0 radical (unpaired) electrons. The lowest BCUT2D eigenvalue weighted by atomic mass is 10.1. The molecule has 0 spiro atoms. The van der Waals surface area contributed by atoms with Crippen LogP contribution in [0.25, 0.3) is 10.8 Å². The molecule has 9 nitrogen and oxygen atoms in total. The van der Waals surface area contributed by atoms with E-state index in [0.29, 0.717) is 17.0 Å². The lowest BCUT2D eigenvalue weighted by molar-refractivity contribution is -0.140. The molecule has 3 amide bonds. The zero-order chi connectivity index (χ0) is 25.0. The topological polar surface area (TPSA) is 125 Å². The van der Waals surface area contributed by atoms with Crippen molar-refractivity contribution in [3.63, 3.8) is 0 Å². The Morgan fingerprint density at radius 1 is 1.12 bits per heavy atom. The van der Waals surface area contributed by atoms with E-state index in [0.717, 1.165) is 5.39 Å². The van der Waals surface area contributed by atoms with E-state index in [1.54, 1.807) is 24.3 Å². The lowest BCUT2D eigenvalue weighted by Crippen LogP contribution is -2.50. The molecular weight excluding hydrogens is 480 g/mol. The van der Waals surface area contributed by atoms with Crippen molar-refractivity contribution in [1.29, 1.82) is 0 Å². The number of sulfonamides is 1. The summed E-state index contributed by atoms with van der Waals surface area (Å²) in [6, 6.07) is 8.06. The predicted octanol–water partition coefficient (Wildman–Crippen LogP) is 1.79. The third-order valence-corrected chi connectivity index (χ3v) is 7.34. The maximum Gasteiger partial charge on any atom is 0.249 e. The van der Waals surface area contributed by atoms with Gasteiger partial charge in [-0.15, -0.1) is 0 Å². The Balaban J connectivity index is 1.61. The second kappa shape index (κ2) is 10.8. The number of carbonyl (C=O) groups is 3. The van der Waals surface area contributed by atoms with Crippen LogP contribution in [0.5, 0.6) is 0 Å². The van der Waals surface area contributed by atoms with Crippen molar-refractivity contribution in [2.24, 2.45) is 0 Å². The molecule has 1 fully saturated rings. The van der Waals surface area contributed by atoms with Crippen LogP contribution in [0.3, 0.4) is 0 Å². The number of amides is 3. The molecule has 2 aromatic carbocycles. The molecule has 184 valence electrons. The van der Waals surface area contributed by atoms with Gasteiger partial charge in [0.25, 0.3) is 0 Å². The van der Waals surface area contributed by atoms with Crippen LogP contribution in [0.15, 0.2) is 41.3 Å². The number of nitrogens with zero attached hydrogens (tertiary/aromatic N) is 1. The molecule has 0 saturated carbocycles. The minimum atomic E-state index is -3.98. The number of nitrogens with one attached hydrogen (secondary N) is 3. The van der Waals surface area contributed by atoms with Gasteiger partial charge in [-0.3, -0.25) is 19.7 Å². The molecule has 2 atom stereocenters. The summed E-state index contributed by atoms with van der Waals surface area (Å²) in [4.78, 5) is 38.6. The van der Waals surface area contributed by atoms with Crippen LogP contribution in [0.2, 0.25) is 5.02 Å². The average Bonchev–Trinajstić information content (AvgIpc) is 3.11. The maximum atomic E-state index is 12.9. The first kappa shape index (κ1) is 26.1. The monoisotopic (exact) mass is 508 g/mol. The average molecular weight is 509 g/mol. The van der Waals surface area contributed by atoms with Crippen molar-refractivity contribution in [3.05, 3.63) is 41.4 Å². The Kier molecular flexibility index (Phi) is 8.29. The van der Waals surface area contributed by atoms with Gasteiger partial charge in [-0.05, 0) is 48.4 Å². The van der Waals surface area contributed by atoms with Gasteiger partial charge in [0.15, 0.2) is 0 Å². The third kappa shape index (κ3) is 6.32. The fourth-order valence-corrected chi connectivity index (χ4v) is 5.17. The summed E-state index contributed by atoms with van der Waals surface area (Å²) in [5.74, 6) is -1.54. The van der Waals surface area contributed by atoms with Crippen LogP contribution in [0, 0.1) is 0 Å². The maximum absolute atomic E-state index is 12.9. The number of halogens is 1. The Morgan fingerprint density at radius 2 is 1.79 bits per heavy atom. The number of fused-ring (bicyclic) bond motifs is 1. The molecule has 2 aromatic rings. The summed E-state index contributed by atoms with van der Waals surface area (Å²) in [5.41, 5.74) is 0. The summed E-state index contributed by atoms with van der Waals surface area (Å²) in [7, 11) is -3.98. The predicted molar refractivity (Wildman–Crippen MR) is 130 cm³/mol. The van der Waals surface area contributed by atoms with Gasteiger partial charge < -0.3 is 10.2 Å². The lowest BCUT2D eigenvalue weighted by Gasteiger charge is -2.23. The highest BCUT2D eigenvalue weighted by Gasteiger charge is 2.39. The fourth-order valence-electron chi connectivity index (χ4n) is 3.73. The number of rotatable bonds is 9. The number of hydrogen-bond donors (Lipinski definition) is 3. The molecule has 0 unspecified atom stereocenters. The third-order valence-electron chi connectivity index (χ3n) is 5.64. The van der Waals surface area contributed by atoms with E-state index in [1.165, 1.54) is 24.0 Å². The fraction of sp³-hybridized carbons (Fsp3) is 0.435.